The third-order valence-corrected chi connectivity index (χ3v) is 9.63. The minimum atomic E-state index is 0.0631. The Morgan fingerprint density at radius 3 is 2.81 bits per heavy atom. The maximum atomic E-state index is 13.2. The number of nitrogens with one attached hydrogen (secondary N) is 1. The molecule has 2 heterocycles. The minimum Gasteiger partial charge on any atom is -0.352 e. The Balaban J connectivity index is 1.33. The van der Waals surface area contributed by atoms with E-state index >= 15 is 0 Å². The van der Waals surface area contributed by atoms with Crippen molar-refractivity contribution < 1.29 is 9.59 Å². The molecule has 1 N–H and O–H groups in total. The van der Waals surface area contributed by atoms with E-state index in [-0.39, 0.29) is 28.6 Å². The molecule has 1 aliphatic heterocycles. The smallest absolute Gasteiger partial charge is 0.246 e. The highest BCUT2D eigenvalue weighted by atomic mass is 16.2. The van der Waals surface area contributed by atoms with Crippen LogP contribution in [0.3, 0.4) is 0 Å². The van der Waals surface area contributed by atoms with Crippen LogP contribution in [0.5, 0.6) is 0 Å². The van der Waals surface area contributed by atoms with Gasteiger partial charge in [0.25, 0.3) is 0 Å². The number of aromatic nitrogens is 1. The van der Waals surface area contributed by atoms with Gasteiger partial charge in [0, 0.05) is 43.4 Å². The molecule has 0 saturated heterocycles. The zero-order chi connectivity index (χ0) is 21.8. The van der Waals surface area contributed by atoms with Gasteiger partial charge in [-0.2, -0.15) is 0 Å². The Morgan fingerprint density at radius 2 is 2.03 bits per heavy atom. The maximum Gasteiger partial charge on any atom is 0.246 e. The van der Waals surface area contributed by atoms with Crippen LogP contribution in [-0.4, -0.2) is 34.8 Å². The van der Waals surface area contributed by atoms with Crippen LogP contribution in [0.4, 0.5) is 0 Å². The summed E-state index contributed by atoms with van der Waals surface area (Å²) in [5.74, 6) is 2.33. The Kier molecular flexibility index (Phi) is 4.98. The van der Waals surface area contributed by atoms with E-state index in [0.717, 1.165) is 37.7 Å². The number of hydrogen-bond donors (Lipinski definition) is 1. The topological polar surface area (TPSA) is 62.3 Å². The van der Waals surface area contributed by atoms with E-state index in [9.17, 15) is 9.59 Å². The van der Waals surface area contributed by atoms with Gasteiger partial charge in [0.2, 0.25) is 11.8 Å². The summed E-state index contributed by atoms with van der Waals surface area (Å²) in [5, 5.41) is 3.20. The summed E-state index contributed by atoms with van der Waals surface area (Å²) in [6.45, 7) is 5.32. The summed E-state index contributed by atoms with van der Waals surface area (Å²) in [6, 6.07) is 4.24. The minimum absolute atomic E-state index is 0.0631. The molecule has 2 amide bonds. The van der Waals surface area contributed by atoms with Crippen LogP contribution in [0.1, 0.15) is 57.9 Å². The lowest BCUT2D eigenvalue weighted by molar-refractivity contribution is -0.142. The zero-order valence-corrected chi connectivity index (χ0v) is 19.0. The van der Waals surface area contributed by atoms with Crippen LogP contribution in [0.25, 0.3) is 0 Å². The number of hydrogen-bond acceptors (Lipinski definition) is 3. The van der Waals surface area contributed by atoms with E-state index in [1.165, 1.54) is 6.42 Å². The number of carbonyl (C=O) groups is 2. The van der Waals surface area contributed by atoms with Gasteiger partial charge in [0.1, 0.15) is 0 Å². The molecule has 0 bridgehead atoms. The van der Waals surface area contributed by atoms with Crippen LogP contribution < -0.4 is 5.32 Å². The summed E-state index contributed by atoms with van der Waals surface area (Å²) in [4.78, 5) is 31.6. The number of nitrogens with zero attached hydrogens (tertiary/aromatic N) is 2. The van der Waals surface area contributed by atoms with Gasteiger partial charge in [-0.15, -0.1) is 0 Å². The monoisotopic (exact) mass is 421 g/mol. The molecule has 0 spiro atoms. The number of fused-ring (bicyclic) bond motifs is 5. The van der Waals surface area contributed by atoms with Crippen molar-refractivity contribution in [1.82, 2.24) is 15.2 Å². The third-order valence-electron chi connectivity index (χ3n) is 9.63. The van der Waals surface area contributed by atoms with Gasteiger partial charge in [-0.25, -0.2) is 0 Å². The fraction of sp³-hybridized carbons (Fsp3) is 0.654. The molecule has 5 nitrogen and oxygen atoms in total. The van der Waals surface area contributed by atoms with Crippen molar-refractivity contribution >= 4 is 11.8 Å². The van der Waals surface area contributed by atoms with Crippen molar-refractivity contribution in [3.63, 3.8) is 0 Å². The van der Waals surface area contributed by atoms with E-state index in [2.05, 4.69) is 30.2 Å². The first-order chi connectivity index (χ1) is 14.8. The van der Waals surface area contributed by atoms with Crippen LogP contribution >= 0.6 is 0 Å². The molecule has 31 heavy (non-hydrogen) atoms. The van der Waals surface area contributed by atoms with Crippen molar-refractivity contribution in [2.75, 3.05) is 7.05 Å². The fourth-order valence-corrected chi connectivity index (χ4v) is 7.98. The molecule has 5 rings (SSSR count). The number of pyridine rings is 1. The Bertz CT molecular complexity index is 899. The quantitative estimate of drug-likeness (QED) is 0.804. The Morgan fingerprint density at radius 1 is 1.19 bits per heavy atom. The van der Waals surface area contributed by atoms with Gasteiger partial charge in [-0.05, 0) is 79.4 Å². The van der Waals surface area contributed by atoms with Crippen LogP contribution in [0, 0.1) is 34.5 Å². The molecule has 0 aromatic carbocycles. The van der Waals surface area contributed by atoms with E-state index in [1.54, 1.807) is 12.3 Å². The lowest BCUT2D eigenvalue weighted by atomic mass is 9.47. The van der Waals surface area contributed by atoms with Crippen molar-refractivity contribution in [2.24, 2.45) is 34.5 Å². The predicted molar refractivity (Wildman–Crippen MR) is 120 cm³/mol. The second-order valence-corrected chi connectivity index (χ2v) is 10.9. The molecule has 0 radical (unpaired) electrons. The van der Waals surface area contributed by atoms with Crippen molar-refractivity contribution in [1.29, 1.82) is 0 Å². The van der Waals surface area contributed by atoms with E-state index < -0.39 is 0 Å². The van der Waals surface area contributed by atoms with E-state index in [0.29, 0.717) is 30.3 Å². The van der Waals surface area contributed by atoms with Crippen LogP contribution in [0.2, 0.25) is 0 Å². The highest BCUT2D eigenvalue weighted by Gasteiger charge is 2.61. The van der Waals surface area contributed by atoms with Gasteiger partial charge >= 0.3 is 0 Å². The zero-order valence-electron chi connectivity index (χ0n) is 19.0. The average Bonchev–Trinajstić information content (AvgIpc) is 3.13. The summed E-state index contributed by atoms with van der Waals surface area (Å²) in [7, 11) is 1.97. The van der Waals surface area contributed by atoms with Gasteiger partial charge < -0.3 is 10.2 Å². The fourth-order valence-electron chi connectivity index (χ4n) is 7.98. The standard InChI is InChI=1S/C26H35N3O2/c1-25-12-10-20-18(6-9-22-26(20,2)13-11-23(30)29(22)3)19(25)7-8-21(25)24(31)28-16-17-5-4-14-27-15-17/h4-5,11,13-15,18-22H,6-10,12,16H2,1-3H3,(H,28,31)/t18-,19-,20-,21+,22+,25-,26+/m0/s1. The van der Waals surface area contributed by atoms with Gasteiger partial charge in [0.15, 0.2) is 0 Å². The van der Waals surface area contributed by atoms with E-state index in [1.807, 2.05) is 30.3 Å². The lowest BCUT2D eigenvalue weighted by Crippen LogP contribution is -2.59. The van der Waals surface area contributed by atoms with Crippen LogP contribution in [-0.2, 0) is 16.1 Å². The predicted octanol–water partition coefficient (Wildman–Crippen LogP) is 3.95. The van der Waals surface area contributed by atoms with Gasteiger partial charge in [0.05, 0.1) is 0 Å². The number of rotatable bonds is 3. The summed E-state index contributed by atoms with van der Waals surface area (Å²) in [6.07, 6.45) is 14.3. The Hall–Kier alpha value is -2.17. The number of likely N-dealkylation sites (N-methyl/N-ethyl adjacent to an activating group) is 1. The molecule has 1 aromatic heterocycles. The van der Waals surface area contributed by atoms with Crippen molar-refractivity contribution in [3.8, 4) is 0 Å². The first-order valence-electron chi connectivity index (χ1n) is 12.0. The average molecular weight is 422 g/mol. The lowest BCUT2D eigenvalue weighted by Gasteiger charge is -2.60. The largest absolute Gasteiger partial charge is 0.352 e. The molecule has 1 aromatic rings. The molecule has 3 aliphatic carbocycles. The van der Waals surface area contributed by atoms with Crippen LogP contribution in [0.15, 0.2) is 36.7 Å². The van der Waals surface area contributed by atoms with Crippen molar-refractivity contribution in [2.45, 2.75) is 65.0 Å². The second kappa shape index (κ2) is 7.46. The normalized spacial score (nSPS) is 41.3. The maximum absolute atomic E-state index is 13.2. The van der Waals surface area contributed by atoms with Crippen molar-refractivity contribution in [3.05, 3.63) is 42.2 Å². The molecular weight excluding hydrogens is 386 g/mol. The summed E-state index contributed by atoms with van der Waals surface area (Å²) < 4.78 is 0. The first-order valence-corrected chi connectivity index (χ1v) is 12.0. The van der Waals surface area contributed by atoms with Gasteiger partial charge in [-0.1, -0.05) is 26.0 Å². The number of amides is 2. The summed E-state index contributed by atoms with van der Waals surface area (Å²) >= 11 is 0. The molecule has 0 unspecified atom stereocenters. The Labute approximate surface area is 185 Å². The SMILES string of the molecule is CN1C(=O)C=C[C@]2(C)[C@H]3CC[C@]4(C)[C@@H](C(=O)NCc5cccnc5)CC[C@H]4[C@@H]3CC[C@@H]12. The highest BCUT2D eigenvalue weighted by molar-refractivity contribution is 5.89. The van der Waals surface area contributed by atoms with Gasteiger partial charge in [-0.3, -0.25) is 14.6 Å². The second-order valence-electron chi connectivity index (χ2n) is 10.9. The molecular formula is C26H35N3O2. The number of carbonyl (C=O) groups excluding carboxylic acids is 2. The van der Waals surface area contributed by atoms with E-state index in [4.69, 9.17) is 0 Å². The third kappa shape index (κ3) is 3.15. The molecule has 5 heteroatoms. The molecule has 4 aliphatic rings. The first kappa shape index (κ1) is 20.7. The molecule has 7 atom stereocenters. The molecule has 166 valence electrons. The molecule has 3 saturated carbocycles. The summed E-state index contributed by atoms with van der Waals surface area (Å²) in [5.41, 5.74) is 1.20. The molecule has 3 fully saturated rings. The highest BCUT2D eigenvalue weighted by Crippen LogP contribution is 2.65.